The lowest BCUT2D eigenvalue weighted by molar-refractivity contribution is -0.183. The van der Waals surface area contributed by atoms with Gasteiger partial charge >= 0.3 is 7.48 Å². The minimum Gasteiger partial charge on any atom is -0.309 e. The van der Waals surface area contributed by atoms with Crippen LogP contribution in [0.25, 0.3) is 0 Å². The van der Waals surface area contributed by atoms with E-state index in [9.17, 15) is 8.78 Å². The molecule has 1 heterocycles. The molecule has 0 aliphatic carbocycles. The molecule has 1 unspecified atom stereocenters. The van der Waals surface area contributed by atoms with Crippen LogP contribution in [0.4, 0.5) is 8.78 Å². The van der Waals surface area contributed by atoms with Crippen LogP contribution in [-0.4, -0.2) is 14.1 Å². The number of rotatable bonds is 2. The summed E-state index contributed by atoms with van der Waals surface area (Å²) in [5.74, 6) is -1.72. The summed E-state index contributed by atoms with van der Waals surface area (Å²) in [6.07, 6.45) is -0.00815. The van der Waals surface area contributed by atoms with Gasteiger partial charge in [0.05, 0.1) is 19.1 Å². The van der Waals surface area contributed by atoms with Crippen molar-refractivity contribution in [2.75, 3.05) is 6.61 Å². The Morgan fingerprint density at radius 1 is 1.44 bits per heavy atom. The van der Waals surface area contributed by atoms with E-state index < -0.39 is 17.5 Å². The number of nitriles is 1. The molecule has 1 aromatic carbocycles. The third-order valence-electron chi connectivity index (χ3n) is 2.45. The monoisotopic (exact) mass is 223 g/mol. The normalized spacial score (nSPS) is 19.2. The molecule has 1 atom stereocenters. The lowest BCUT2D eigenvalue weighted by Crippen LogP contribution is -2.10. The van der Waals surface area contributed by atoms with Gasteiger partial charge in [0.15, 0.2) is 0 Å². The Balaban J connectivity index is 2.35. The number of benzene rings is 1. The highest BCUT2D eigenvalue weighted by atomic mass is 19.1. The Morgan fingerprint density at radius 2 is 2.12 bits per heavy atom. The average Bonchev–Trinajstić information content (AvgIpc) is 2.70. The standard InChI is InChI=1S/C10H8BF2NO2/c12-8-3-6(1-2-14)4-9(13)10(8)7-5-15-16-11-7/h3-4,7,11H,1,5H2. The molecule has 82 valence electrons. The molecule has 1 aliphatic rings. The first-order valence-electron chi connectivity index (χ1n) is 4.81. The van der Waals surface area contributed by atoms with Crippen molar-refractivity contribution in [2.45, 2.75) is 12.2 Å². The van der Waals surface area contributed by atoms with Gasteiger partial charge in [-0.1, -0.05) is 0 Å². The maximum Gasteiger partial charge on any atom is 0.333 e. The van der Waals surface area contributed by atoms with Crippen LogP contribution >= 0.6 is 0 Å². The summed E-state index contributed by atoms with van der Waals surface area (Å²) < 4.78 is 27.3. The third kappa shape index (κ3) is 2.06. The average molecular weight is 223 g/mol. The first-order chi connectivity index (χ1) is 7.72. The molecule has 16 heavy (non-hydrogen) atoms. The van der Waals surface area contributed by atoms with Crippen LogP contribution in [0.1, 0.15) is 16.9 Å². The van der Waals surface area contributed by atoms with Crippen LogP contribution in [0.2, 0.25) is 0 Å². The number of hydrogen-bond donors (Lipinski definition) is 0. The molecule has 0 radical (unpaired) electrons. The maximum absolute atomic E-state index is 13.6. The van der Waals surface area contributed by atoms with Gasteiger partial charge in [0.25, 0.3) is 0 Å². The summed E-state index contributed by atoms with van der Waals surface area (Å²) in [6.45, 7) is 0.144. The highest BCUT2D eigenvalue weighted by molar-refractivity contribution is 6.30. The molecular formula is C10H8BF2NO2. The Hall–Kier alpha value is -1.45. The summed E-state index contributed by atoms with van der Waals surface area (Å²) in [4.78, 5) is 9.23. The fourth-order valence-corrected chi connectivity index (χ4v) is 1.70. The maximum atomic E-state index is 13.6. The second-order valence-electron chi connectivity index (χ2n) is 3.57. The second kappa shape index (κ2) is 4.60. The fraction of sp³-hybridized carbons (Fsp3) is 0.300. The van der Waals surface area contributed by atoms with Crippen molar-refractivity contribution in [1.29, 1.82) is 5.26 Å². The van der Waals surface area contributed by atoms with Crippen molar-refractivity contribution in [3.05, 3.63) is 34.9 Å². The predicted molar refractivity (Wildman–Crippen MR) is 52.6 cm³/mol. The van der Waals surface area contributed by atoms with Gasteiger partial charge in [0.2, 0.25) is 0 Å². The highest BCUT2D eigenvalue weighted by Crippen LogP contribution is 2.26. The smallest absolute Gasteiger partial charge is 0.309 e. The molecule has 0 spiro atoms. The number of hydrogen-bond acceptors (Lipinski definition) is 3. The quantitative estimate of drug-likeness (QED) is 0.561. The molecule has 0 saturated carbocycles. The lowest BCUT2D eigenvalue weighted by Gasteiger charge is -2.09. The molecule has 6 heteroatoms. The second-order valence-corrected chi connectivity index (χ2v) is 3.57. The van der Waals surface area contributed by atoms with Crippen LogP contribution in [0, 0.1) is 23.0 Å². The van der Waals surface area contributed by atoms with Gasteiger partial charge < -0.3 is 4.81 Å². The van der Waals surface area contributed by atoms with Crippen LogP contribution in [-0.2, 0) is 16.1 Å². The topological polar surface area (TPSA) is 42.2 Å². The van der Waals surface area contributed by atoms with Gasteiger partial charge in [0, 0.05) is 11.4 Å². The van der Waals surface area contributed by atoms with E-state index in [0.29, 0.717) is 5.56 Å². The van der Waals surface area contributed by atoms with Crippen molar-refractivity contribution < 1.29 is 18.5 Å². The molecule has 3 nitrogen and oxygen atoms in total. The van der Waals surface area contributed by atoms with Gasteiger partial charge in [-0.15, -0.1) is 0 Å². The predicted octanol–water partition coefficient (Wildman–Crippen LogP) is 1.39. The van der Waals surface area contributed by atoms with E-state index in [-0.39, 0.29) is 26.1 Å². The number of halogens is 2. The minimum absolute atomic E-state index is 0.00815. The van der Waals surface area contributed by atoms with E-state index >= 15 is 0 Å². The molecule has 1 aromatic rings. The SMILES string of the molecule is N#CCc1cc(F)c(C2BOOC2)c(F)c1. The van der Waals surface area contributed by atoms with E-state index in [1.54, 1.807) is 0 Å². The summed E-state index contributed by atoms with van der Waals surface area (Å²) in [6, 6.07) is 4.21. The van der Waals surface area contributed by atoms with Crippen LogP contribution in [0.3, 0.4) is 0 Å². The zero-order chi connectivity index (χ0) is 11.5. The van der Waals surface area contributed by atoms with Crippen LogP contribution in [0.5, 0.6) is 0 Å². The zero-order valence-electron chi connectivity index (χ0n) is 8.37. The van der Waals surface area contributed by atoms with Gasteiger partial charge in [-0.25, -0.2) is 8.78 Å². The molecule has 1 fully saturated rings. The van der Waals surface area contributed by atoms with E-state index in [1.165, 1.54) is 12.1 Å². The van der Waals surface area contributed by atoms with Crippen LogP contribution in [0.15, 0.2) is 12.1 Å². The van der Waals surface area contributed by atoms with Crippen molar-refractivity contribution in [2.24, 2.45) is 0 Å². The summed E-state index contributed by atoms with van der Waals surface area (Å²) in [5.41, 5.74) is 0.306. The first-order valence-corrected chi connectivity index (χ1v) is 4.81. The van der Waals surface area contributed by atoms with E-state index in [4.69, 9.17) is 5.26 Å². The molecular weight excluding hydrogens is 215 g/mol. The largest absolute Gasteiger partial charge is 0.333 e. The molecule has 0 bridgehead atoms. The third-order valence-corrected chi connectivity index (χ3v) is 2.45. The van der Waals surface area contributed by atoms with Gasteiger partial charge in [-0.05, 0) is 17.7 Å². The van der Waals surface area contributed by atoms with Gasteiger partial charge in [-0.2, -0.15) is 5.26 Å². The summed E-state index contributed by atoms with van der Waals surface area (Å²) in [5, 5.41) is 8.45. The van der Waals surface area contributed by atoms with Crippen molar-refractivity contribution in [3.8, 4) is 6.07 Å². The molecule has 1 aliphatic heterocycles. The van der Waals surface area contributed by atoms with Crippen LogP contribution < -0.4 is 0 Å². The Morgan fingerprint density at radius 3 is 2.62 bits per heavy atom. The molecule has 0 aromatic heterocycles. The van der Waals surface area contributed by atoms with Gasteiger partial charge in [0.1, 0.15) is 11.6 Å². The number of nitrogens with zero attached hydrogens (tertiary/aromatic N) is 1. The molecule has 2 rings (SSSR count). The Kier molecular flexibility index (Phi) is 3.18. The van der Waals surface area contributed by atoms with Gasteiger partial charge in [-0.3, -0.25) is 4.89 Å². The fourth-order valence-electron chi connectivity index (χ4n) is 1.70. The van der Waals surface area contributed by atoms with E-state index in [1.807, 2.05) is 6.07 Å². The lowest BCUT2D eigenvalue weighted by atomic mass is 9.76. The molecule has 1 saturated heterocycles. The van der Waals surface area contributed by atoms with E-state index in [0.717, 1.165) is 0 Å². The highest BCUT2D eigenvalue weighted by Gasteiger charge is 2.28. The van der Waals surface area contributed by atoms with Crippen molar-refractivity contribution in [1.82, 2.24) is 0 Å². The molecule has 0 amide bonds. The minimum atomic E-state index is -0.649. The van der Waals surface area contributed by atoms with E-state index in [2.05, 4.69) is 9.69 Å². The van der Waals surface area contributed by atoms with Crippen molar-refractivity contribution >= 4 is 7.48 Å². The Bertz CT molecular complexity index is 418. The van der Waals surface area contributed by atoms with Crippen molar-refractivity contribution in [3.63, 3.8) is 0 Å². The molecule has 0 N–H and O–H groups in total. The first kappa shape index (κ1) is 11.1. The summed E-state index contributed by atoms with van der Waals surface area (Å²) >= 11 is 0. The summed E-state index contributed by atoms with van der Waals surface area (Å²) in [7, 11) is 0.144. The Labute approximate surface area is 91.8 Å². The zero-order valence-corrected chi connectivity index (χ0v) is 8.37.